The fourth-order valence-electron chi connectivity index (χ4n) is 2.86. The van der Waals surface area contributed by atoms with Crippen molar-refractivity contribution in [3.63, 3.8) is 0 Å². The van der Waals surface area contributed by atoms with Gasteiger partial charge in [-0.3, -0.25) is 0 Å². The Bertz CT molecular complexity index is 230. The van der Waals surface area contributed by atoms with E-state index in [-0.39, 0.29) is 0 Å². The van der Waals surface area contributed by atoms with Crippen LogP contribution < -0.4 is 0 Å². The molecule has 0 amide bonds. The van der Waals surface area contributed by atoms with E-state index in [9.17, 15) is 5.11 Å². The molecule has 1 aliphatic carbocycles. The minimum absolute atomic E-state index is 0.310. The quantitative estimate of drug-likeness (QED) is 0.727. The van der Waals surface area contributed by atoms with Crippen molar-refractivity contribution in [2.75, 3.05) is 39.5 Å². The van der Waals surface area contributed by atoms with E-state index in [1.165, 1.54) is 32.4 Å². The highest BCUT2D eigenvalue weighted by atomic mass is 16.5. The van der Waals surface area contributed by atoms with Crippen molar-refractivity contribution >= 4 is 0 Å². The lowest BCUT2D eigenvalue weighted by molar-refractivity contribution is -0.0588. The first-order valence-corrected chi connectivity index (χ1v) is 6.21. The summed E-state index contributed by atoms with van der Waals surface area (Å²) in [5, 5.41) is 9.24. The van der Waals surface area contributed by atoms with Crippen LogP contribution in [0, 0.1) is 17.3 Å². The molecule has 2 saturated heterocycles. The van der Waals surface area contributed by atoms with Crippen LogP contribution in [0.2, 0.25) is 0 Å². The van der Waals surface area contributed by atoms with Gasteiger partial charge in [-0.05, 0) is 25.2 Å². The normalized spacial score (nSPS) is 31.0. The summed E-state index contributed by atoms with van der Waals surface area (Å²) in [7, 11) is 0. The molecule has 1 saturated carbocycles. The monoisotopic (exact) mass is 211 g/mol. The molecule has 0 spiro atoms. The minimum atomic E-state index is 0.310. The van der Waals surface area contributed by atoms with Crippen LogP contribution in [0.4, 0.5) is 0 Å². The maximum absolute atomic E-state index is 9.24. The van der Waals surface area contributed by atoms with Gasteiger partial charge in [0.2, 0.25) is 0 Å². The molecule has 0 radical (unpaired) electrons. The second-order valence-corrected chi connectivity index (χ2v) is 5.86. The Kier molecular flexibility index (Phi) is 2.49. The summed E-state index contributed by atoms with van der Waals surface area (Å²) >= 11 is 0. The Hall–Kier alpha value is -0.120. The molecule has 3 aliphatic rings. The summed E-state index contributed by atoms with van der Waals surface area (Å²) in [6.45, 7) is 6.05. The molecule has 0 atom stereocenters. The van der Waals surface area contributed by atoms with Crippen LogP contribution in [0.3, 0.4) is 0 Å². The van der Waals surface area contributed by atoms with Gasteiger partial charge in [-0.2, -0.15) is 0 Å². The van der Waals surface area contributed by atoms with Gasteiger partial charge in [0.1, 0.15) is 0 Å². The summed E-state index contributed by atoms with van der Waals surface area (Å²) in [6.07, 6.45) is 3.84. The number of hydrogen-bond donors (Lipinski definition) is 1. The van der Waals surface area contributed by atoms with Crippen LogP contribution in [0.5, 0.6) is 0 Å². The second kappa shape index (κ2) is 3.72. The first kappa shape index (κ1) is 10.1. The smallest absolute Gasteiger partial charge is 0.0516 e. The van der Waals surface area contributed by atoms with Gasteiger partial charge in [-0.1, -0.05) is 0 Å². The van der Waals surface area contributed by atoms with E-state index >= 15 is 0 Å². The van der Waals surface area contributed by atoms with Crippen LogP contribution in [-0.2, 0) is 4.74 Å². The average Bonchev–Trinajstić information content (AvgIpc) is 2.86. The third-order valence-corrected chi connectivity index (χ3v) is 4.26. The summed E-state index contributed by atoms with van der Waals surface area (Å²) in [5.41, 5.74) is 0.310. The maximum atomic E-state index is 9.24. The van der Waals surface area contributed by atoms with E-state index < -0.39 is 0 Å². The molecule has 86 valence electrons. The van der Waals surface area contributed by atoms with Gasteiger partial charge in [0.25, 0.3) is 0 Å². The molecule has 3 fully saturated rings. The van der Waals surface area contributed by atoms with Gasteiger partial charge < -0.3 is 14.7 Å². The van der Waals surface area contributed by atoms with Gasteiger partial charge in [0.05, 0.1) is 13.2 Å². The molecule has 3 rings (SSSR count). The van der Waals surface area contributed by atoms with E-state index in [1.807, 2.05) is 0 Å². The highest BCUT2D eigenvalue weighted by molar-refractivity contribution is 4.97. The molecule has 2 aliphatic heterocycles. The molecule has 3 nitrogen and oxygen atoms in total. The molecular formula is C12H21NO2. The first-order chi connectivity index (χ1) is 7.30. The lowest BCUT2D eigenvalue weighted by Crippen LogP contribution is -2.51. The topological polar surface area (TPSA) is 32.7 Å². The molecule has 15 heavy (non-hydrogen) atoms. The molecule has 0 aromatic heterocycles. The van der Waals surface area contributed by atoms with Crippen LogP contribution in [0.15, 0.2) is 0 Å². The SMILES string of the molecule is OCC1(CN2CC(CC3COC3)C2)CC1. The Balaban J connectivity index is 1.35. The molecule has 0 aromatic carbocycles. The Morgan fingerprint density at radius 3 is 2.40 bits per heavy atom. The standard InChI is InChI=1S/C12H21NO2/c14-9-12(1-2-12)8-13-4-10(5-13)3-11-6-15-7-11/h10-11,14H,1-9H2. The van der Waals surface area contributed by atoms with Crippen LogP contribution >= 0.6 is 0 Å². The zero-order valence-corrected chi connectivity index (χ0v) is 9.32. The highest BCUT2D eigenvalue weighted by Crippen LogP contribution is 2.46. The molecule has 2 heterocycles. The lowest BCUT2D eigenvalue weighted by atomic mass is 9.87. The van der Waals surface area contributed by atoms with Gasteiger partial charge in [-0.15, -0.1) is 0 Å². The fraction of sp³-hybridized carbons (Fsp3) is 1.00. The number of likely N-dealkylation sites (tertiary alicyclic amines) is 1. The number of aliphatic hydroxyl groups is 1. The van der Waals surface area contributed by atoms with Crippen LogP contribution in [0.25, 0.3) is 0 Å². The summed E-state index contributed by atoms with van der Waals surface area (Å²) in [5.74, 6) is 1.76. The van der Waals surface area contributed by atoms with Crippen LogP contribution in [0.1, 0.15) is 19.3 Å². The highest BCUT2D eigenvalue weighted by Gasteiger charge is 2.45. The van der Waals surface area contributed by atoms with Gasteiger partial charge in [0.15, 0.2) is 0 Å². The predicted octanol–water partition coefficient (Wildman–Crippen LogP) is 0.727. The first-order valence-electron chi connectivity index (χ1n) is 6.21. The second-order valence-electron chi connectivity index (χ2n) is 5.86. The van der Waals surface area contributed by atoms with E-state index in [2.05, 4.69) is 4.90 Å². The summed E-state index contributed by atoms with van der Waals surface area (Å²) in [4.78, 5) is 2.52. The van der Waals surface area contributed by atoms with Crippen molar-refractivity contribution in [3.05, 3.63) is 0 Å². The maximum Gasteiger partial charge on any atom is 0.0516 e. The van der Waals surface area contributed by atoms with Crippen molar-refractivity contribution in [2.24, 2.45) is 17.3 Å². The molecule has 1 N–H and O–H groups in total. The fourth-order valence-corrected chi connectivity index (χ4v) is 2.86. The third kappa shape index (κ3) is 2.05. The third-order valence-electron chi connectivity index (χ3n) is 4.26. The largest absolute Gasteiger partial charge is 0.396 e. The van der Waals surface area contributed by atoms with Crippen molar-refractivity contribution in [1.29, 1.82) is 0 Å². The van der Waals surface area contributed by atoms with E-state index in [0.717, 1.165) is 31.6 Å². The molecular weight excluding hydrogens is 190 g/mol. The number of rotatable bonds is 5. The minimum Gasteiger partial charge on any atom is -0.396 e. The van der Waals surface area contributed by atoms with Crippen molar-refractivity contribution < 1.29 is 9.84 Å². The van der Waals surface area contributed by atoms with E-state index in [1.54, 1.807) is 0 Å². The average molecular weight is 211 g/mol. The Morgan fingerprint density at radius 1 is 1.20 bits per heavy atom. The van der Waals surface area contributed by atoms with Crippen LogP contribution in [-0.4, -0.2) is 49.5 Å². The van der Waals surface area contributed by atoms with Gasteiger partial charge in [0, 0.05) is 37.6 Å². The summed E-state index contributed by atoms with van der Waals surface area (Å²) < 4.78 is 5.19. The number of hydrogen-bond acceptors (Lipinski definition) is 3. The Morgan fingerprint density at radius 2 is 1.93 bits per heavy atom. The van der Waals surface area contributed by atoms with Gasteiger partial charge in [-0.25, -0.2) is 0 Å². The molecule has 0 unspecified atom stereocenters. The van der Waals surface area contributed by atoms with E-state index in [4.69, 9.17) is 4.74 Å². The number of aliphatic hydroxyl groups excluding tert-OH is 1. The predicted molar refractivity (Wildman–Crippen MR) is 57.6 cm³/mol. The number of ether oxygens (including phenoxy) is 1. The summed E-state index contributed by atoms with van der Waals surface area (Å²) in [6, 6.07) is 0. The van der Waals surface area contributed by atoms with Crippen molar-refractivity contribution in [1.82, 2.24) is 4.90 Å². The van der Waals surface area contributed by atoms with Crippen molar-refractivity contribution in [2.45, 2.75) is 19.3 Å². The van der Waals surface area contributed by atoms with Gasteiger partial charge >= 0.3 is 0 Å². The van der Waals surface area contributed by atoms with E-state index in [0.29, 0.717) is 12.0 Å². The zero-order valence-electron chi connectivity index (χ0n) is 9.32. The molecule has 3 heteroatoms. The Labute approximate surface area is 91.4 Å². The zero-order chi connectivity index (χ0) is 10.3. The molecule has 0 aromatic rings. The number of nitrogens with zero attached hydrogens (tertiary/aromatic N) is 1. The lowest BCUT2D eigenvalue weighted by Gasteiger charge is -2.43. The van der Waals surface area contributed by atoms with Crippen molar-refractivity contribution in [3.8, 4) is 0 Å². The molecule has 0 bridgehead atoms.